The summed E-state index contributed by atoms with van der Waals surface area (Å²) in [6, 6.07) is 21.4. The van der Waals surface area contributed by atoms with Crippen molar-refractivity contribution in [3.63, 3.8) is 0 Å². The van der Waals surface area contributed by atoms with Gasteiger partial charge in [0.1, 0.15) is 5.69 Å². The summed E-state index contributed by atoms with van der Waals surface area (Å²) < 4.78 is 53.6. The Labute approximate surface area is 226 Å². The van der Waals surface area contributed by atoms with E-state index in [4.69, 9.17) is 0 Å². The van der Waals surface area contributed by atoms with Gasteiger partial charge in [0.25, 0.3) is 0 Å². The Morgan fingerprint density at radius 2 is 1.60 bits per heavy atom. The fourth-order valence-electron chi connectivity index (χ4n) is 3.80. The highest BCUT2D eigenvalue weighted by molar-refractivity contribution is 5.79. The maximum absolute atomic E-state index is 14.6. The molecule has 0 atom stereocenters. The summed E-state index contributed by atoms with van der Waals surface area (Å²) in [5, 5.41) is 7.04. The highest BCUT2D eigenvalue weighted by Gasteiger charge is 2.30. The molecule has 0 spiro atoms. The molecule has 7 nitrogen and oxygen atoms in total. The lowest BCUT2D eigenvalue weighted by Crippen LogP contribution is -2.05. The zero-order valence-electron chi connectivity index (χ0n) is 21.0. The second-order valence-corrected chi connectivity index (χ2v) is 8.66. The molecule has 0 aliphatic carbocycles. The van der Waals surface area contributed by atoms with Gasteiger partial charge in [-0.3, -0.25) is 4.98 Å². The third kappa shape index (κ3) is 6.26. The Bertz CT molecular complexity index is 1670. The molecule has 5 rings (SSSR count). The predicted octanol–water partition coefficient (Wildman–Crippen LogP) is 7.26. The summed E-state index contributed by atoms with van der Waals surface area (Å²) in [4.78, 5) is 17.0. The highest BCUT2D eigenvalue weighted by Crippen LogP contribution is 2.32. The van der Waals surface area contributed by atoms with Gasteiger partial charge in [-0.25, -0.2) is 24.8 Å². The number of nitrogens with zero attached hydrogens (tertiary/aromatic N) is 5. The van der Waals surface area contributed by atoms with Crippen molar-refractivity contribution in [1.82, 2.24) is 19.9 Å². The van der Waals surface area contributed by atoms with Gasteiger partial charge in [-0.2, -0.15) is 18.3 Å². The first kappa shape index (κ1) is 26.4. The molecule has 0 bridgehead atoms. The molecule has 0 amide bonds. The zero-order chi connectivity index (χ0) is 28.1. The van der Waals surface area contributed by atoms with Crippen LogP contribution in [-0.2, 0) is 6.18 Å². The Kier molecular flexibility index (Phi) is 7.45. The molecule has 3 aromatic heterocycles. The molecule has 0 fully saturated rings. The molecule has 40 heavy (non-hydrogen) atoms. The largest absolute Gasteiger partial charge is 0.416 e. The van der Waals surface area contributed by atoms with E-state index in [0.717, 1.165) is 29.5 Å². The van der Waals surface area contributed by atoms with Crippen LogP contribution in [0.25, 0.3) is 22.6 Å². The van der Waals surface area contributed by atoms with E-state index in [0.29, 0.717) is 22.8 Å². The van der Waals surface area contributed by atoms with Gasteiger partial charge in [0.15, 0.2) is 5.82 Å². The molecule has 0 saturated heterocycles. The van der Waals surface area contributed by atoms with Crippen LogP contribution >= 0.6 is 0 Å². The van der Waals surface area contributed by atoms with Crippen LogP contribution in [0.4, 0.5) is 34.9 Å². The lowest BCUT2D eigenvalue weighted by atomic mass is 10.1. The Hall–Kier alpha value is -5.19. The van der Waals surface area contributed by atoms with Gasteiger partial charge in [-0.15, -0.1) is 0 Å². The number of nitrogens with one attached hydrogen (secondary N) is 2. The molecule has 5 aromatic rings. The average Bonchev–Trinajstić information content (AvgIpc) is 2.95. The molecule has 11 heteroatoms. The minimum absolute atomic E-state index is 0.0180. The van der Waals surface area contributed by atoms with Gasteiger partial charge in [0.05, 0.1) is 46.9 Å². The Morgan fingerprint density at radius 3 is 2.38 bits per heavy atom. The van der Waals surface area contributed by atoms with E-state index in [-0.39, 0.29) is 17.3 Å². The van der Waals surface area contributed by atoms with Gasteiger partial charge in [-0.1, -0.05) is 42.5 Å². The molecule has 0 unspecified atom stereocenters. The number of halogens is 4. The number of rotatable bonds is 7. The van der Waals surface area contributed by atoms with Crippen molar-refractivity contribution >= 4 is 23.5 Å². The van der Waals surface area contributed by atoms with Gasteiger partial charge >= 0.3 is 6.18 Å². The minimum Gasteiger partial charge on any atom is -0.354 e. The number of hydrogen-bond acceptors (Lipinski definition) is 7. The molecule has 0 saturated carbocycles. The number of alkyl halides is 3. The third-order valence-electron chi connectivity index (χ3n) is 5.77. The second kappa shape index (κ2) is 11.3. The monoisotopic (exact) mass is 543 g/mol. The highest BCUT2D eigenvalue weighted by atomic mass is 19.4. The van der Waals surface area contributed by atoms with E-state index in [1.165, 1.54) is 18.5 Å². The molecule has 0 aliphatic rings. The number of anilines is 3. The van der Waals surface area contributed by atoms with Crippen LogP contribution in [0.2, 0.25) is 0 Å². The average molecular weight is 544 g/mol. The summed E-state index contributed by atoms with van der Waals surface area (Å²) in [7, 11) is 0. The molecule has 200 valence electrons. The van der Waals surface area contributed by atoms with E-state index in [9.17, 15) is 17.6 Å². The molecule has 3 heterocycles. The maximum Gasteiger partial charge on any atom is 0.416 e. The first-order valence-corrected chi connectivity index (χ1v) is 12.0. The number of aryl methyl sites for hydroxylation is 1. The van der Waals surface area contributed by atoms with Crippen molar-refractivity contribution < 1.29 is 17.6 Å². The van der Waals surface area contributed by atoms with Crippen LogP contribution in [0.5, 0.6) is 0 Å². The Balaban J connectivity index is 1.29. The van der Waals surface area contributed by atoms with Gasteiger partial charge in [-0.05, 0) is 48.9 Å². The van der Waals surface area contributed by atoms with Crippen LogP contribution in [-0.4, -0.2) is 26.2 Å². The number of benzene rings is 2. The lowest BCUT2D eigenvalue weighted by Gasteiger charge is -2.12. The topological polar surface area (TPSA) is 88.0 Å². The van der Waals surface area contributed by atoms with Crippen molar-refractivity contribution in [2.24, 2.45) is 5.10 Å². The molecule has 2 N–H and O–H groups in total. The third-order valence-corrected chi connectivity index (χ3v) is 5.77. The predicted molar refractivity (Wildman–Crippen MR) is 146 cm³/mol. The van der Waals surface area contributed by atoms with Crippen molar-refractivity contribution in [3.05, 3.63) is 114 Å². The number of aromatic nitrogens is 4. The molecule has 0 radical (unpaired) electrons. The standard InChI is InChI=1S/C29H21F4N7/c1-18-13-22(34-17-26(18)37-21-10-5-9-20(14-21)29(31,32)33)15-36-40-28-35-16-23(30)27(39-28)25-12-6-11-24(38-25)19-7-3-2-4-8-19/h2-17,37H,1H3,(H,35,39,40)/b36-15+. The SMILES string of the molecule is Cc1cc(/C=N/Nc2ncc(F)c(-c3cccc(-c4ccccc4)n3)n2)ncc1Nc1cccc(C(F)(F)F)c1. The first-order chi connectivity index (χ1) is 19.3. The second-order valence-electron chi connectivity index (χ2n) is 8.66. The van der Waals surface area contributed by atoms with Crippen molar-refractivity contribution in [2.45, 2.75) is 13.1 Å². The number of hydrazone groups is 1. The van der Waals surface area contributed by atoms with Gasteiger partial charge in [0, 0.05) is 11.3 Å². The van der Waals surface area contributed by atoms with Crippen LogP contribution in [0.1, 0.15) is 16.8 Å². The normalized spacial score (nSPS) is 11.5. The summed E-state index contributed by atoms with van der Waals surface area (Å²) in [6.45, 7) is 1.79. The summed E-state index contributed by atoms with van der Waals surface area (Å²) >= 11 is 0. The molecular weight excluding hydrogens is 522 g/mol. The van der Waals surface area contributed by atoms with Crippen LogP contribution in [0.15, 0.2) is 96.4 Å². The fourth-order valence-corrected chi connectivity index (χ4v) is 3.80. The number of hydrogen-bond donors (Lipinski definition) is 2. The van der Waals surface area contributed by atoms with Crippen molar-refractivity contribution in [3.8, 4) is 22.6 Å². The minimum atomic E-state index is -4.43. The quantitative estimate of drug-likeness (QED) is 0.128. The van der Waals surface area contributed by atoms with Crippen LogP contribution < -0.4 is 10.7 Å². The zero-order valence-corrected chi connectivity index (χ0v) is 21.0. The summed E-state index contributed by atoms with van der Waals surface area (Å²) in [5.74, 6) is -0.576. The van der Waals surface area contributed by atoms with E-state index in [1.54, 1.807) is 31.2 Å². The Morgan fingerprint density at radius 1 is 0.825 bits per heavy atom. The van der Waals surface area contributed by atoms with E-state index >= 15 is 0 Å². The lowest BCUT2D eigenvalue weighted by molar-refractivity contribution is -0.137. The van der Waals surface area contributed by atoms with E-state index < -0.39 is 17.6 Å². The van der Waals surface area contributed by atoms with Crippen molar-refractivity contribution in [1.29, 1.82) is 0 Å². The first-order valence-electron chi connectivity index (χ1n) is 12.0. The smallest absolute Gasteiger partial charge is 0.354 e. The summed E-state index contributed by atoms with van der Waals surface area (Å²) in [6.07, 6.45) is -0.486. The van der Waals surface area contributed by atoms with E-state index in [2.05, 4.69) is 35.8 Å². The van der Waals surface area contributed by atoms with E-state index in [1.807, 2.05) is 36.4 Å². The number of pyridine rings is 2. The fraction of sp³-hybridized carbons (Fsp3) is 0.0690. The summed E-state index contributed by atoms with van der Waals surface area (Å²) in [5.41, 5.74) is 5.88. The molecule has 2 aromatic carbocycles. The molecule has 0 aliphatic heterocycles. The van der Waals surface area contributed by atoms with Crippen LogP contribution in [0.3, 0.4) is 0 Å². The van der Waals surface area contributed by atoms with Crippen molar-refractivity contribution in [2.75, 3.05) is 10.7 Å². The molecular formula is C29H21F4N7. The van der Waals surface area contributed by atoms with Crippen LogP contribution in [0, 0.1) is 12.7 Å². The maximum atomic E-state index is 14.6. The van der Waals surface area contributed by atoms with Gasteiger partial charge < -0.3 is 5.32 Å². The van der Waals surface area contributed by atoms with Gasteiger partial charge in [0.2, 0.25) is 5.95 Å².